The summed E-state index contributed by atoms with van der Waals surface area (Å²) in [4.78, 5) is 27.1. The lowest BCUT2D eigenvalue weighted by Crippen LogP contribution is -2.63. The Balaban J connectivity index is 1.67. The van der Waals surface area contributed by atoms with Crippen LogP contribution in [0.15, 0.2) is 41.8 Å². The van der Waals surface area contributed by atoms with E-state index in [1.54, 1.807) is 25.3 Å². The molecule has 210 valence electrons. The molecule has 7 nitrogen and oxygen atoms in total. The number of allylic oxidation sites excluding steroid dienone is 1. The minimum absolute atomic E-state index is 0.0204. The van der Waals surface area contributed by atoms with E-state index >= 15 is 0 Å². The van der Waals surface area contributed by atoms with Crippen LogP contribution >= 0.6 is 0 Å². The number of benzene rings is 1. The first-order valence-electron chi connectivity index (χ1n) is 13.6. The van der Waals surface area contributed by atoms with Crippen LogP contribution in [-0.2, 0) is 33.4 Å². The smallest absolute Gasteiger partial charge is 0.333 e. The number of carbonyl (C=O) groups is 2. The summed E-state index contributed by atoms with van der Waals surface area (Å²) in [5.41, 5.74) is -0.713. The molecule has 0 aromatic heterocycles. The number of ether oxygens (including phenoxy) is 2. The molecule has 3 fully saturated rings. The Kier molecular flexibility index (Phi) is 7.76. The van der Waals surface area contributed by atoms with Crippen molar-refractivity contribution >= 4 is 21.9 Å². The molecule has 0 radical (unpaired) electrons. The maximum Gasteiger partial charge on any atom is 0.333 e. The number of carbonyl (C=O) groups excluding carboxylic acids is 2. The van der Waals surface area contributed by atoms with Gasteiger partial charge in [-0.2, -0.15) is 8.42 Å². The topological polar surface area (TPSA) is 96.0 Å². The molecule has 1 aromatic carbocycles. The van der Waals surface area contributed by atoms with Crippen molar-refractivity contribution in [1.29, 1.82) is 0 Å². The van der Waals surface area contributed by atoms with E-state index < -0.39 is 39.6 Å². The molecule has 1 aromatic rings. The highest BCUT2D eigenvalue weighted by Gasteiger charge is 2.68. The number of methoxy groups -OCH3 is 1. The summed E-state index contributed by atoms with van der Waals surface area (Å²) in [6, 6.07) is 6.23. The molecule has 8 atom stereocenters. The first-order chi connectivity index (χ1) is 17.7. The van der Waals surface area contributed by atoms with E-state index in [-0.39, 0.29) is 46.4 Å². The minimum atomic E-state index is -4.13. The van der Waals surface area contributed by atoms with Crippen LogP contribution in [0.2, 0.25) is 0 Å². The quantitative estimate of drug-likeness (QED) is 0.261. The van der Waals surface area contributed by atoms with Gasteiger partial charge in [-0.15, -0.1) is 6.58 Å². The van der Waals surface area contributed by atoms with Crippen molar-refractivity contribution in [2.45, 2.75) is 83.8 Å². The highest BCUT2D eigenvalue weighted by atomic mass is 32.2. The fourth-order valence-corrected chi connectivity index (χ4v) is 8.74. The Morgan fingerprint density at radius 2 is 1.76 bits per heavy atom. The van der Waals surface area contributed by atoms with Crippen LogP contribution in [0.5, 0.6) is 0 Å². The van der Waals surface area contributed by atoms with Crippen LogP contribution < -0.4 is 0 Å². The van der Waals surface area contributed by atoms with Crippen LogP contribution in [0.1, 0.15) is 65.4 Å². The van der Waals surface area contributed by atoms with Gasteiger partial charge in [-0.05, 0) is 63.0 Å². The fourth-order valence-electron chi connectivity index (χ4n) is 7.89. The molecule has 0 spiro atoms. The number of aryl methyl sites for hydroxylation is 1. The molecule has 3 saturated carbocycles. The Bertz CT molecular complexity index is 1190. The van der Waals surface area contributed by atoms with E-state index in [0.717, 1.165) is 31.2 Å². The largest absolute Gasteiger partial charge is 0.460 e. The molecule has 0 amide bonds. The highest BCUT2D eigenvalue weighted by Crippen LogP contribution is 2.68. The van der Waals surface area contributed by atoms with E-state index in [2.05, 4.69) is 27.4 Å². The third-order valence-corrected chi connectivity index (χ3v) is 11.7. The molecule has 38 heavy (non-hydrogen) atoms. The van der Waals surface area contributed by atoms with Crippen molar-refractivity contribution in [2.75, 3.05) is 13.7 Å². The second-order valence-electron chi connectivity index (χ2n) is 12.2. The van der Waals surface area contributed by atoms with Gasteiger partial charge in [0, 0.05) is 36.2 Å². The van der Waals surface area contributed by atoms with Gasteiger partial charge in [0.1, 0.15) is 11.9 Å². The normalized spacial score (nSPS) is 39.1. The number of rotatable bonds is 7. The van der Waals surface area contributed by atoms with Crippen LogP contribution in [-0.4, -0.2) is 46.1 Å². The van der Waals surface area contributed by atoms with Gasteiger partial charge >= 0.3 is 5.97 Å². The summed E-state index contributed by atoms with van der Waals surface area (Å²) in [6.07, 6.45) is 4.85. The van der Waals surface area contributed by atoms with E-state index in [1.165, 1.54) is 12.1 Å². The average Bonchev–Trinajstić information content (AvgIpc) is 3.29. The molecule has 0 N–H and O–H groups in total. The lowest BCUT2D eigenvalue weighted by atomic mass is 9.44. The van der Waals surface area contributed by atoms with Crippen LogP contribution in [0.4, 0.5) is 0 Å². The van der Waals surface area contributed by atoms with Crippen LogP contribution in [0, 0.1) is 40.9 Å². The van der Waals surface area contributed by atoms with E-state index in [0.29, 0.717) is 0 Å². The highest BCUT2D eigenvalue weighted by molar-refractivity contribution is 7.86. The third-order valence-electron chi connectivity index (χ3n) is 10.5. The number of hydrogen-bond acceptors (Lipinski definition) is 7. The second kappa shape index (κ2) is 10.2. The number of hydrogen-bond donors (Lipinski definition) is 0. The second-order valence-corrected chi connectivity index (χ2v) is 13.9. The summed E-state index contributed by atoms with van der Waals surface area (Å²) in [6.45, 7) is 13.4. The molecular formula is C30H42O7S. The molecule has 0 aliphatic heterocycles. The first-order valence-corrected chi connectivity index (χ1v) is 15.0. The zero-order valence-corrected chi connectivity index (χ0v) is 24.3. The maximum atomic E-state index is 14.0. The van der Waals surface area contributed by atoms with Gasteiger partial charge in [-0.3, -0.25) is 8.98 Å². The Morgan fingerprint density at radius 1 is 1.13 bits per heavy atom. The summed E-state index contributed by atoms with van der Waals surface area (Å²) in [5.74, 6) is -0.616. The van der Waals surface area contributed by atoms with E-state index in [4.69, 9.17) is 13.7 Å². The molecule has 3 aliphatic carbocycles. The van der Waals surface area contributed by atoms with Crippen molar-refractivity contribution in [3.8, 4) is 0 Å². The lowest BCUT2D eigenvalue weighted by molar-refractivity contribution is -0.205. The van der Waals surface area contributed by atoms with Gasteiger partial charge in [-0.25, -0.2) is 4.79 Å². The van der Waals surface area contributed by atoms with E-state index in [1.807, 2.05) is 13.8 Å². The summed E-state index contributed by atoms with van der Waals surface area (Å²) < 4.78 is 42.6. The lowest BCUT2D eigenvalue weighted by Gasteiger charge is -2.61. The van der Waals surface area contributed by atoms with Gasteiger partial charge in [-0.1, -0.05) is 44.5 Å². The van der Waals surface area contributed by atoms with Gasteiger partial charge < -0.3 is 9.47 Å². The number of ketones is 1. The van der Waals surface area contributed by atoms with Gasteiger partial charge in [0.05, 0.1) is 11.0 Å². The fraction of sp³-hybridized carbons (Fsp3) is 0.667. The molecule has 0 saturated heterocycles. The Hall–Kier alpha value is -2.03. The van der Waals surface area contributed by atoms with Gasteiger partial charge in [0.2, 0.25) is 0 Å². The molecule has 8 heteroatoms. The third kappa shape index (κ3) is 4.56. The van der Waals surface area contributed by atoms with Gasteiger partial charge in [0.15, 0.2) is 6.61 Å². The first kappa shape index (κ1) is 29.0. The number of Topliss-reactive ketones (excluding diaryl/α,β-unsaturated/α-hetero) is 1. The summed E-state index contributed by atoms with van der Waals surface area (Å²) in [7, 11) is -2.41. The number of esters is 1. The molecule has 2 bridgehead atoms. The summed E-state index contributed by atoms with van der Waals surface area (Å²) >= 11 is 0. The zero-order chi connectivity index (χ0) is 28.1. The standard InChI is InChI=1S/C30H42O7S/c1-8-28(5)17-24(37-25(31)18-36-38(33,34)22-11-9-19(2)10-12-22)29(6)20(3)13-15-30(21(4)27(28)32)16-14-23(35-7)26(29)30/h8-12,20-21,23-24,26H,1,13-18H2,2-7H3/t20-,21+,23-,24-,26+,28+,29+,30+/m1/s1. The maximum absolute atomic E-state index is 14.0. The van der Waals surface area contributed by atoms with Crippen molar-refractivity contribution in [1.82, 2.24) is 0 Å². The predicted molar refractivity (Wildman–Crippen MR) is 144 cm³/mol. The minimum Gasteiger partial charge on any atom is -0.460 e. The Morgan fingerprint density at radius 3 is 2.37 bits per heavy atom. The van der Waals surface area contributed by atoms with Crippen molar-refractivity contribution in [2.24, 2.45) is 34.0 Å². The van der Waals surface area contributed by atoms with Gasteiger partial charge in [0.25, 0.3) is 10.1 Å². The van der Waals surface area contributed by atoms with Crippen molar-refractivity contribution in [3.63, 3.8) is 0 Å². The average molecular weight is 547 g/mol. The van der Waals surface area contributed by atoms with Crippen LogP contribution in [0.25, 0.3) is 0 Å². The van der Waals surface area contributed by atoms with Crippen molar-refractivity contribution < 1.29 is 31.7 Å². The molecule has 4 rings (SSSR count). The molecule has 0 heterocycles. The zero-order valence-electron chi connectivity index (χ0n) is 23.5. The van der Waals surface area contributed by atoms with E-state index in [9.17, 15) is 18.0 Å². The molecule has 0 unspecified atom stereocenters. The van der Waals surface area contributed by atoms with Crippen molar-refractivity contribution in [3.05, 3.63) is 42.5 Å². The van der Waals surface area contributed by atoms with Crippen LogP contribution in [0.3, 0.4) is 0 Å². The summed E-state index contributed by atoms with van der Waals surface area (Å²) in [5, 5.41) is 0. The molecular weight excluding hydrogens is 504 g/mol. The monoisotopic (exact) mass is 546 g/mol. The molecule has 3 aliphatic rings. The SMILES string of the molecule is C=C[C@@]1(C)C[C@@H](OC(=O)COS(=O)(=O)c2ccc(C)cc2)[C@]2(C)[C@H](C)CC[C@]3(CC[C@@H](OC)[C@H]32)[C@@H](C)C1=O. The predicted octanol–water partition coefficient (Wildman–Crippen LogP) is 5.26. The Labute approximate surface area is 227 Å².